The highest BCUT2D eigenvalue weighted by molar-refractivity contribution is 5.85. The topological polar surface area (TPSA) is 60.0 Å². The van der Waals surface area contributed by atoms with Crippen LogP contribution in [0.3, 0.4) is 0 Å². The lowest BCUT2D eigenvalue weighted by molar-refractivity contribution is -0.141. The van der Waals surface area contributed by atoms with Crippen molar-refractivity contribution in [1.82, 2.24) is 9.13 Å². The summed E-state index contributed by atoms with van der Waals surface area (Å²) < 4.78 is 8.30. The fraction of sp³-hybridized carbons (Fsp3) is 0.176. The van der Waals surface area contributed by atoms with Crippen LogP contribution in [-0.2, 0) is 22.6 Å². The third-order valence-electron chi connectivity index (χ3n) is 3.67. The molecule has 0 saturated carbocycles. The summed E-state index contributed by atoms with van der Waals surface area (Å²) in [6.45, 7) is 0.631. The number of nitrogens with zero attached hydrogens (tertiary/aromatic N) is 2. The number of ether oxygens (including phenoxy) is 1. The highest BCUT2D eigenvalue weighted by Crippen LogP contribution is 2.14. The molecule has 0 saturated heterocycles. The number of methoxy groups -OCH3 is 1. The van der Waals surface area contributed by atoms with Crippen LogP contribution in [0.2, 0.25) is 0 Å². The summed E-state index contributed by atoms with van der Waals surface area (Å²) in [5, 5.41) is 8.41. The van der Waals surface area contributed by atoms with Gasteiger partial charge < -0.3 is 9.30 Å². The lowest BCUT2D eigenvalue weighted by Crippen LogP contribution is -2.28. The molecule has 120 valence electrons. The number of para-hydroxylation sites is 2. The van der Waals surface area contributed by atoms with Gasteiger partial charge in [0.1, 0.15) is 6.54 Å². The number of rotatable bonds is 4. The van der Waals surface area contributed by atoms with Gasteiger partial charge >= 0.3 is 5.97 Å². The normalized spacial score (nSPS) is 10.3. The van der Waals surface area contributed by atoms with Crippen molar-refractivity contribution in [3.05, 3.63) is 65.8 Å². The minimum absolute atomic E-state index is 0. The van der Waals surface area contributed by atoms with Gasteiger partial charge in [0.25, 0.3) is 0 Å². The molecule has 1 aromatic heterocycles. The maximum atomic E-state index is 11.6. The Hall–Kier alpha value is -2.53. The van der Waals surface area contributed by atoms with Gasteiger partial charge in [-0.2, -0.15) is 0 Å². The maximum absolute atomic E-state index is 11.6. The molecule has 0 amide bonds. The third-order valence-corrected chi connectivity index (χ3v) is 3.67. The van der Waals surface area contributed by atoms with Gasteiger partial charge in [-0.25, -0.2) is 0 Å². The predicted octanol–water partition coefficient (Wildman–Crippen LogP) is 2.57. The molecule has 23 heavy (non-hydrogen) atoms. The van der Waals surface area contributed by atoms with E-state index in [0.29, 0.717) is 6.54 Å². The Kier molecular flexibility index (Phi) is 5.24. The number of hydrogen-bond donors (Lipinski definition) is 1. The number of carbonyl (C=O) groups excluding carboxylic acids is 1. The van der Waals surface area contributed by atoms with Crippen LogP contribution in [0.15, 0.2) is 54.6 Å². The predicted molar refractivity (Wildman–Crippen MR) is 90.6 cm³/mol. The molecule has 0 fully saturated rings. The smallest absolute Gasteiger partial charge is 0.325 e. The number of esters is 1. The van der Waals surface area contributed by atoms with E-state index in [1.165, 1.54) is 7.11 Å². The van der Waals surface area contributed by atoms with E-state index in [2.05, 4.69) is 0 Å². The van der Waals surface area contributed by atoms with Gasteiger partial charge in [0, 0.05) is 0 Å². The van der Waals surface area contributed by atoms with E-state index in [0.717, 1.165) is 16.6 Å². The molecule has 0 atom stereocenters. The van der Waals surface area contributed by atoms with Crippen LogP contribution in [0.5, 0.6) is 0 Å². The monoisotopic (exact) mass is 331 g/mol. The Morgan fingerprint density at radius 3 is 2.17 bits per heavy atom. The number of imidazole rings is 1. The second-order valence-electron chi connectivity index (χ2n) is 5.05. The van der Waals surface area contributed by atoms with Crippen molar-refractivity contribution in [3.8, 4) is 0 Å². The van der Waals surface area contributed by atoms with Gasteiger partial charge in [-0.05, 0) is 17.7 Å². The second-order valence-corrected chi connectivity index (χ2v) is 5.05. The van der Waals surface area contributed by atoms with E-state index in [-0.39, 0.29) is 30.5 Å². The second kappa shape index (κ2) is 7.15. The average molecular weight is 332 g/mol. The number of aromatic nitrogens is 2. The molecule has 3 aromatic rings. The summed E-state index contributed by atoms with van der Waals surface area (Å²) in [6, 6.07) is 17.7. The van der Waals surface area contributed by atoms with E-state index in [1.54, 1.807) is 4.57 Å². The summed E-state index contributed by atoms with van der Waals surface area (Å²) in [6.07, 6.45) is 0. The molecule has 6 heteroatoms. The van der Waals surface area contributed by atoms with Crippen LogP contribution in [-0.4, -0.2) is 22.2 Å². The first kappa shape index (κ1) is 16.8. The summed E-state index contributed by atoms with van der Waals surface area (Å²) in [7, 11) is 1.36. The molecule has 5 nitrogen and oxygen atoms in total. The first-order valence-corrected chi connectivity index (χ1v) is 7.04. The number of carbonyl (C=O) groups is 1. The van der Waals surface area contributed by atoms with Crippen LogP contribution in [0.25, 0.3) is 11.0 Å². The third kappa shape index (κ3) is 3.29. The summed E-state index contributed by atoms with van der Waals surface area (Å²) >= 11 is 0. The van der Waals surface area contributed by atoms with E-state index in [4.69, 9.17) is 10.1 Å². The van der Waals surface area contributed by atoms with Crippen LogP contribution < -0.4 is 5.62 Å². The summed E-state index contributed by atoms with van der Waals surface area (Å²) in [5.41, 5.74) is 3.19. The molecule has 0 aliphatic rings. The van der Waals surface area contributed by atoms with Crippen molar-refractivity contribution in [2.75, 3.05) is 7.11 Å². The van der Waals surface area contributed by atoms with Gasteiger partial charge in [0.2, 0.25) is 5.62 Å². The number of nitrogens with one attached hydrogen (secondary N) is 1. The summed E-state index contributed by atoms with van der Waals surface area (Å²) in [5.74, 6) is -0.360. The highest BCUT2D eigenvalue weighted by Gasteiger charge is 2.13. The zero-order chi connectivity index (χ0) is 15.5. The molecule has 0 aliphatic carbocycles. The van der Waals surface area contributed by atoms with E-state index in [9.17, 15) is 4.79 Å². The van der Waals surface area contributed by atoms with Crippen molar-refractivity contribution < 1.29 is 9.53 Å². The molecular weight excluding hydrogens is 314 g/mol. The number of fused-ring (bicyclic) bond motifs is 1. The fourth-order valence-electron chi connectivity index (χ4n) is 2.57. The molecule has 0 spiro atoms. The van der Waals surface area contributed by atoms with Crippen molar-refractivity contribution in [2.45, 2.75) is 13.1 Å². The largest absolute Gasteiger partial charge is 0.468 e. The van der Waals surface area contributed by atoms with E-state index >= 15 is 0 Å². The summed E-state index contributed by atoms with van der Waals surface area (Å²) in [4.78, 5) is 11.6. The van der Waals surface area contributed by atoms with Crippen molar-refractivity contribution in [3.63, 3.8) is 0 Å². The van der Waals surface area contributed by atoms with E-state index in [1.807, 2.05) is 59.2 Å². The van der Waals surface area contributed by atoms with E-state index < -0.39 is 0 Å². The van der Waals surface area contributed by atoms with Gasteiger partial charge in [-0.3, -0.25) is 14.8 Å². The standard InChI is InChI=1S/C17H17N3O2.ClH/c1-22-16(21)12-20-15-10-6-5-9-14(15)19(17(20)18)11-13-7-3-2-4-8-13;/h2-10,18H,11-12H2,1H3;1H. The Balaban J connectivity index is 0.00000192. The van der Waals surface area contributed by atoms with Gasteiger partial charge in [0.15, 0.2) is 0 Å². The van der Waals surface area contributed by atoms with Gasteiger partial charge in [0.05, 0.1) is 24.7 Å². The molecule has 1 N–H and O–H groups in total. The Morgan fingerprint density at radius 2 is 1.57 bits per heavy atom. The quantitative estimate of drug-likeness (QED) is 0.747. The molecule has 1 heterocycles. The Labute approximate surface area is 140 Å². The van der Waals surface area contributed by atoms with Crippen LogP contribution >= 0.6 is 12.4 Å². The number of benzene rings is 2. The number of halogens is 1. The van der Waals surface area contributed by atoms with Crippen LogP contribution in [0.4, 0.5) is 0 Å². The molecule has 0 radical (unpaired) electrons. The van der Waals surface area contributed by atoms with Crippen LogP contribution in [0.1, 0.15) is 5.56 Å². The molecule has 2 aromatic carbocycles. The SMILES string of the molecule is COC(=O)Cn1c(=N)n(Cc2ccccc2)c2ccccc21.Cl. The lowest BCUT2D eigenvalue weighted by atomic mass is 10.2. The first-order valence-electron chi connectivity index (χ1n) is 7.04. The van der Waals surface area contributed by atoms with Gasteiger partial charge in [-0.15, -0.1) is 12.4 Å². The number of hydrogen-bond acceptors (Lipinski definition) is 3. The Bertz CT molecular complexity index is 868. The molecular formula is C17H18ClN3O2. The molecule has 0 aliphatic heterocycles. The molecule has 3 rings (SSSR count). The average Bonchev–Trinajstić information content (AvgIpc) is 2.82. The first-order chi connectivity index (χ1) is 10.7. The Morgan fingerprint density at radius 1 is 1.00 bits per heavy atom. The molecule has 0 bridgehead atoms. The maximum Gasteiger partial charge on any atom is 0.325 e. The molecule has 0 unspecified atom stereocenters. The van der Waals surface area contributed by atoms with Crippen molar-refractivity contribution in [2.24, 2.45) is 0 Å². The minimum Gasteiger partial charge on any atom is -0.468 e. The minimum atomic E-state index is -0.360. The fourth-order valence-corrected chi connectivity index (χ4v) is 2.57. The zero-order valence-corrected chi connectivity index (χ0v) is 13.5. The van der Waals surface area contributed by atoms with Gasteiger partial charge in [-0.1, -0.05) is 42.5 Å². The zero-order valence-electron chi connectivity index (χ0n) is 12.7. The highest BCUT2D eigenvalue weighted by atomic mass is 35.5. The van der Waals surface area contributed by atoms with Crippen molar-refractivity contribution >= 4 is 29.4 Å². The van der Waals surface area contributed by atoms with Crippen LogP contribution in [0, 0.1) is 5.41 Å². The lowest BCUT2D eigenvalue weighted by Gasteiger charge is -2.04. The van der Waals surface area contributed by atoms with Crippen molar-refractivity contribution in [1.29, 1.82) is 5.41 Å².